The van der Waals surface area contributed by atoms with Gasteiger partial charge >= 0.3 is 0 Å². The first-order valence-electron chi connectivity index (χ1n) is 7.66. The van der Waals surface area contributed by atoms with Crippen LogP contribution in [-0.4, -0.2) is 31.6 Å². The number of nitrogens with one attached hydrogen (secondary N) is 2. The zero-order valence-electron chi connectivity index (χ0n) is 12.9. The highest BCUT2D eigenvalue weighted by Crippen LogP contribution is 2.32. The maximum atomic E-state index is 14.5. The lowest BCUT2D eigenvalue weighted by Gasteiger charge is -2.38. The van der Waals surface area contributed by atoms with Crippen LogP contribution in [0.1, 0.15) is 38.8 Å². The minimum Gasteiger partial charge on any atom is -0.355 e. The summed E-state index contributed by atoms with van der Waals surface area (Å²) >= 11 is 0. The van der Waals surface area contributed by atoms with Gasteiger partial charge < -0.3 is 15.5 Å². The second kappa shape index (κ2) is 6.89. The Bertz CT molecular complexity index is 506. The predicted molar refractivity (Wildman–Crippen MR) is 82.9 cm³/mol. The van der Waals surface area contributed by atoms with Crippen molar-refractivity contribution in [3.05, 3.63) is 29.6 Å². The van der Waals surface area contributed by atoms with Crippen LogP contribution < -0.4 is 15.5 Å². The molecule has 2 unspecified atom stereocenters. The number of hydrogen-bond donors (Lipinski definition) is 2. The summed E-state index contributed by atoms with van der Waals surface area (Å²) in [5, 5.41) is 6.18. The SMILES string of the molecule is CCNC(C)c1cccc(F)c1N1CCNC(=O)C1CC. The smallest absolute Gasteiger partial charge is 0.242 e. The normalized spacial score (nSPS) is 20.3. The monoisotopic (exact) mass is 293 g/mol. The van der Waals surface area contributed by atoms with Crippen LogP contribution in [0.5, 0.6) is 0 Å². The molecule has 1 aromatic carbocycles. The number of hydrogen-bond acceptors (Lipinski definition) is 3. The molecule has 1 aliphatic rings. The van der Waals surface area contributed by atoms with Crippen LogP contribution in [0.2, 0.25) is 0 Å². The second-order valence-electron chi connectivity index (χ2n) is 5.37. The molecule has 21 heavy (non-hydrogen) atoms. The summed E-state index contributed by atoms with van der Waals surface area (Å²) in [6, 6.07) is 4.88. The van der Waals surface area contributed by atoms with Crippen molar-refractivity contribution in [2.45, 2.75) is 39.3 Å². The molecule has 2 N–H and O–H groups in total. The first-order chi connectivity index (χ1) is 10.1. The van der Waals surface area contributed by atoms with Gasteiger partial charge in [-0.2, -0.15) is 0 Å². The van der Waals surface area contributed by atoms with E-state index >= 15 is 0 Å². The number of nitrogens with zero attached hydrogens (tertiary/aromatic N) is 1. The Morgan fingerprint density at radius 2 is 2.24 bits per heavy atom. The van der Waals surface area contributed by atoms with Crippen molar-refractivity contribution in [1.29, 1.82) is 0 Å². The molecule has 2 atom stereocenters. The lowest BCUT2D eigenvalue weighted by Crippen LogP contribution is -2.55. The molecular weight excluding hydrogens is 269 g/mol. The fourth-order valence-corrected chi connectivity index (χ4v) is 2.99. The largest absolute Gasteiger partial charge is 0.355 e. The van der Waals surface area contributed by atoms with E-state index in [-0.39, 0.29) is 23.8 Å². The lowest BCUT2D eigenvalue weighted by molar-refractivity contribution is -0.123. The van der Waals surface area contributed by atoms with E-state index in [1.807, 2.05) is 31.7 Å². The Kier molecular flexibility index (Phi) is 5.17. The Morgan fingerprint density at radius 1 is 1.48 bits per heavy atom. The topological polar surface area (TPSA) is 44.4 Å². The Balaban J connectivity index is 2.43. The number of piperazine rings is 1. The minimum absolute atomic E-state index is 0.0194. The standard InChI is InChI=1S/C16H24FN3O/c1-4-14-16(21)19-9-10-20(14)15-12(11(3)18-5-2)7-6-8-13(15)17/h6-8,11,14,18H,4-5,9-10H2,1-3H3,(H,19,21). The molecule has 0 aromatic heterocycles. The third kappa shape index (κ3) is 3.18. The summed E-state index contributed by atoms with van der Waals surface area (Å²) in [6.45, 7) is 8.01. The predicted octanol–water partition coefficient (Wildman–Crippen LogP) is 2.21. The minimum atomic E-state index is -0.303. The van der Waals surface area contributed by atoms with Crippen LogP contribution in [0.4, 0.5) is 10.1 Å². The van der Waals surface area contributed by atoms with Crippen molar-refractivity contribution in [2.24, 2.45) is 0 Å². The van der Waals surface area contributed by atoms with Gasteiger partial charge in [-0.25, -0.2) is 4.39 Å². The number of carbonyl (C=O) groups is 1. The molecule has 0 radical (unpaired) electrons. The van der Waals surface area contributed by atoms with Gasteiger partial charge in [-0.05, 0) is 31.5 Å². The maximum absolute atomic E-state index is 14.5. The molecular formula is C16H24FN3O. The third-order valence-electron chi connectivity index (χ3n) is 4.00. The summed E-state index contributed by atoms with van der Waals surface area (Å²) in [5.41, 5.74) is 1.47. The van der Waals surface area contributed by atoms with Gasteiger partial charge in [0.1, 0.15) is 11.9 Å². The molecule has 0 saturated carbocycles. The zero-order chi connectivity index (χ0) is 15.4. The van der Waals surface area contributed by atoms with Gasteiger partial charge in [0.05, 0.1) is 5.69 Å². The van der Waals surface area contributed by atoms with Crippen LogP contribution >= 0.6 is 0 Å². The highest BCUT2D eigenvalue weighted by Gasteiger charge is 2.31. The van der Waals surface area contributed by atoms with Crippen LogP contribution in [-0.2, 0) is 4.79 Å². The molecule has 4 nitrogen and oxygen atoms in total. The van der Waals surface area contributed by atoms with Gasteiger partial charge in [0, 0.05) is 19.1 Å². The number of halogens is 1. The first-order valence-corrected chi connectivity index (χ1v) is 7.66. The van der Waals surface area contributed by atoms with Crippen molar-refractivity contribution in [1.82, 2.24) is 10.6 Å². The molecule has 0 aliphatic carbocycles. The van der Waals surface area contributed by atoms with E-state index in [1.54, 1.807) is 6.07 Å². The van der Waals surface area contributed by atoms with Crippen molar-refractivity contribution < 1.29 is 9.18 Å². The van der Waals surface area contributed by atoms with Crippen molar-refractivity contribution in [2.75, 3.05) is 24.5 Å². The fourth-order valence-electron chi connectivity index (χ4n) is 2.99. The number of benzene rings is 1. The van der Waals surface area contributed by atoms with Crippen LogP contribution in [0.3, 0.4) is 0 Å². The summed E-state index contributed by atoms with van der Waals surface area (Å²) in [5.74, 6) is -0.278. The zero-order valence-corrected chi connectivity index (χ0v) is 12.9. The van der Waals surface area contributed by atoms with Gasteiger partial charge in [-0.15, -0.1) is 0 Å². The number of carbonyl (C=O) groups excluding carboxylic acids is 1. The average Bonchev–Trinajstić information content (AvgIpc) is 2.47. The summed E-state index contributed by atoms with van der Waals surface area (Å²) in [4.78, 5) is 14.0. The van der Waals surface area contributed by atoms with E-state index in [1.165, 1.54) is 6.07 Å². The van der Waals surface area contributed by atoms with E-state index < -0.39 is 0 Å². The van der Waals surface area contributed by atoms with E-state index in [9.17, 15) is 9.18 Å². The highest BCUT2D eigenvalue weighted by molar-refractivity contribution is 5.87. The van der Waals surface area contributed by atoms with Crippen LogP contribution in [0.15, 0.2) is 18.2 Å². The van der Waals surface area contributed by atoms with Gasteiger partial charge in [0.15, 0.2) is 0 Å². The van der Waals surface area contributed by atoms with Gasteiger partial charge in [0.25, 0.3) is 0 Å². The Morgan fingerprint density at radius 3 is 2.90 bits per heavy atom. The first kappa shape index (κ1) is 15.8. The van der Waals surface area contributed by atoms with Gasteiger partial charge in [0.2, 0.25) is 5.91 Å². The number of amides is 1. The van der Waals surface area contributed by atoms with E-state index in [0.29, 0.717) is 25.2 Å². The second-order valence-corrected chi connectivity index (χ2v) is 5.37. The molecule has 1 aliphatic heterocycles. The summed E-state index contributed by atoms with van der Waals surface area (Å²) in [7, 11) is 0. The average molecular weight is 293 g/mol. The Hall–Kier alpha value is -1.62. The van der Waals surface area contributed by atoms with E-state index in [2.05, 4.69) is 10.6 Å². The molecule has 0 spiro atoms. The van der Waals surface area contributed by atoms with Gasteiger partial charge in [-0.1, -0.05) is 26.0 Å². The van der Waals surface area contributed by atoms with Gasteiger partial charge in [-0.3, -0.25) is 4.79 Å². The summed E-state index contributed by atoms with van der Waals surface area (Å²) < 4.78 is 14.5. The molecule has 1 fully saturated rings. The van der Waals surface area contributed by atoms with Crippen LogP contribution in [0.25, 0.3) is 0 Å². The van der Waals surface area contributed by atoms with E-state index in [4.69, 9.17) is 0 Å². The molecule has 1 saturated heterocycles. The number of rotatable bonds is 5. The molecule has 1 heterocycles. The van der Waals surface area contributed by atoms with Crippen LogP contribution in [0, 0.1) is 5.82 Å². The Labute approximate surface area is 125 Å². The highest BCUT2D eigenvalue weighted by atomic mass is 19.1. The molecule has 1 aromatic rings. The number of anilines is 1. The molecule has 1 amide bonds. The maximum Gasteiger partial charge on any atom is 0.242 e. The van der Waals surface area contributed by atoms with Crippen molar-refractivity contribution >= 4 is 11.6 Å². The fraction of sp³-hybridized carbons (Fsp3) is 0.562. The molecule has 0 bridgehead atoms. The lowest BCUT2D eigenvalue weighted by atomic mass is 10.0. The third-order valence-corrected chi connectivity index (χ3v) is 4.00. The quantitative estimate of drug-likeness (QED) is 0.875. The van der Waals surface area contributed by atoms with Crippen molar-refractivity contribution in [3.8, 4) is 0 Å². The van der Waals surface area contributed by atoms with Crippen molar-refractivity contribution in [3.63, 3.8) is 0 Å². The van der Waals surface area contributed by atoms with E-state index in [0.717, 1.165) is 12.1 Å². The molecule has 116 valence electrons. The molecule has 5 heteroatoms. The number of para-hydroxylation sites is 1. The molecule has 2 rings (SSSR count). The summed E-state index contributed by atoms with van der Waals surface area (Å²) in [6.07, 6.45) is 0.662.